The molecule has 1 aliphatic rings. The zero-order valence-electron chi connectivity index (χ0n) is 16.6. The van der Waals surface area contributed by atoms with Gasteiger partial charge in [-0.3, -0.25) is 14.4 Å². The molecule has 1 amide bonds. The minimum absolute atomic E-state index is 0.0255. The van der Waals surface area contributed by atoms with Gasteiger partial charge in [-0.15, -0.1) is 0 Å². The fraction of sp³-hybridized carbons (Fsp3) is 0.571. The van der Waals surface area contributed by atoms with Crippen molar-refractivity contribution in [2.24, 2.45) is 0 Å². The zero-order chi connectivity index (χ0) is 20.5. The number of ketones is 1. The molecular weight excluding hydrogens is 362 g/mol. The predicted molar refractivity (Wildman–Crippen MR) is 104 cm³/mol. The lowest BCUT2D eigenvalue weighted by Crippen LogP contribution is -2.44. The molecule has 1 aromatic rings. The van der Waals surface area contributed by atoms with E-state index in [0.717, 1.165) is 19.3 Å². The van der Waals surface area contributed by atoms with Gasteiger partial charge in [-0.25, -0.2) is 0 Å². The average Bonchev–Trinajstić information content (AvgIpc) is 2.69. The number of ether oxygens (including phenoxy) is 2. The van der Waals surface area contributed by atoms with E-state index in [2.05, 4.69) is 0 Å². The van der Waals surface area contributed by atoms with Crippen LogP contribution < -0.4 is 9.47 Å². The van der Waals surface area contributed by atoms with E-state index in [1.807, 2.05) is 4.90 Å². The van der Waals surface area contributed by atoms with E-state index in [0.29, 0.717) is 49.5 Å². The van der Waals surface area contributed by atoms with Gasteiger partial charge in [-0.1, -0.05) is 0 Å². The maximum Gasteiger partial charge on any atom is 0.303 e. The second-order valence-electron chi connectivity index (χ2n) is 7.04. The molecule has 1 aliphatic heterocycles. The van der Waals surface area contributed by atoms with Crippen LogP contribution in [0.4, 0.5) is 0 Å². The summed E-state index contributed by atoms with van der Waals surface area (Å²) in [4.78, 5) is 36.7. The number of hydrogen-bond acceptors (Lipinski definition) is 5. The van der Waals surface area contributed by atoms with Crippen LogP contribution in [0, 0.1) is 0 Å². The number of rotatable bonds is 10. The van der Waals surface area contributed by atoms with Crippen molar-refractivity contribution in [2.75, 3.05) is 20.3 Å². The summed E-state index contributed by atoms with van der Waals surface area (Å²) < 4.78 is 11.0. The highest BCUT2D eigenvalue weighted by Crippen LogP contribution is 2.28. The molecular formula is C21H29NO6. The largest absolute Gasteiger partial charge is 0.493 e. The number of aliphatic carboxylic acids is 1. The normalized spacial score (nSPS) is 16.5. The number of likely N-dealkylation sites (tertiary alicyclic amines) is 1. The van der Waals surface area contributed by atoms with Crippen molar-refractivity contribution < 1.29 is 29.0 Å². The molecule has 1 fully saturated rings. The van der Waals surface area contributed by atoms with Crippen LogP contribution in [-0.2, 0) is 9.59 Å². The molecule has 7 nitrogen and oxygen atoms in total. The molecule has 7 heteroatoms. The Balaban J connectivity index is 1.83. The average molecular weight is 391 g/mol. The molecule has 1 unspecified atom stereocenters. The molecule has 1 N–H and O–H groups in total. The van der Waals surface area contributed by atoms with Crippen molar-refractivity contribution in [3.63, 3.8) is 0 Å². The number of carboxylic acids is 1. The van der Waals surface area contributed by atoms with Gasteiger partial charge < -0.3 is 19.5 Å². The first kappa shape index (κ1) is 21.7. The lowest BCUT2D eigenvalue weighted by molar-refractivity contribution is -0.140. The van der Waals surface area contributed by atoms with Gasteiger partial charge in [0.15, 0.2) is 17.3 Å². The Morgan fingerprint density at radius 2 is 1.96 bits per heavy atom. The standard InChI is InChI=1S/C21H29NO6/c1-15(23)16-8-10-18(19(14-16)27-2)28-13-5-7-20(24)22-12-4-3-6-17(22)9-11-21(25)26/h8,10,14,17H,3-7,9,11-13H2,1-2H3,(H,25,26). The minimum Gasteiger partial charge on any atom is -0.493 e. The van der Waals surface area contributed by atoms with Crippen molar-refractivity contribution in [3.8, 4) is 11.5 Å². The van der Waals surface area contributed by atoms with Crippen LogP contribution >= 0.6 is 0 Å². The van der Waals surface area contributed by atoms with Crippen LogP contribution in [0.2, 0.25) is 0 Å². The van der Waals surface area contributed by atoms with Gasteiger partial charge in [0, 0.05) is 31.0 Å². The number of Topliss-reactive ketones (excluding diaryl/α,β-unsaturated/α-hetero) is 1. The number of hydrogen-bond donors (Lipinski definition) is 1. The molecule has 2 rings (SSSR count). The summed E-state index contributed by atoms with van der Waals surface area (Å²) in [6, 6.07) is 5.05. The van der Waals surface area contributed by atoms with Crippen molar-refractivity contribution >= 4 is 17.7 Å². The van der Waals surface area contributed by atoms with Crippen molar-refractivity contribution in [1.29, 1.82) is 0 Å². The lowest BCUT2D eigenvalue weighted by atomic mass is 9.97. The Morgan fingerprint density at radius 3 is 2.64 bits per heavy atom. The fourth-order valence-electron chi connectivity index (χ4n) is 3.47. The highest BCUT2D eigenvalue weighted by atomic mass is 16.5. The van der Waals surface area contributed by atoms with Gasteiger partial charge in [0.1, 0.15) is 0 Å². The number of benzene rings is 1. The molecule has 0 aliphatic carbocycles. The number of methoxy groups -OCH3 is 1. The number of amides is 1. The molecule has 0 saturated carbocycles. The third-order valence-electron chi connectivity index (χ3n) is 5.00. The highest BCUT2D eigenvalue weighted by Gasteiger charge is 2.26. The molecule has 0 aromatic heterocycles. The van der Waals surface area contributed by atoms with Crippen LogP contribution in [-0.4, -0.2) is 54.0 Å². The molecule has 1 saturated heterocycles. The molecule has 1 aromatic carbocycles. The number of piperidine rings is 1. The highest BCUT2D eigenvalue weighted by molar-refractivity contribution is 5.94. The Labute approximate surface area is 165 Å². The predicted octanol–water partition coefficient (Wildman–Crippen LogP) is 3.30. The quantitative estimate of drug-likeness (QED) is 0.486. The SMILES string of the molecule is COc1cc(C(C)=O)ccc1OCCCC(=O)N1CCCCC1CCC(=O)O. The Hall–Kier alpha value is -2.57. The van der Waals surface area contributed by atoms with Crippen LogP contribution in [0.15, 0.2) is 18.2 Å². The summed E-state index contributed by atoms with van der Waals surface area (Å²) in [5, 5.41) is 8.89. The molecule has 154 valence electrons. The summed E-state index contributed by atoms with van der Waals surface area (Å²) in [5.74, 6) is 0.212. The molecule has 0 bridgehead atoms. The molecule has 28 heavy (non-hydrogen) atoms. The van der Waals surface area contributed by atoms with E-state index in [-0.39, 0.29) is 24.2 Å². The van der Waals surface area contributed by atoms with Crippen molar-refractivity contribution in [3.05, 3.63) is 23.8 Å². The van der Waals surface area contributed by atoms with Gasteiger partial charge in [-0.05, 0) is 57.2 Å². The first-order chi connectivity index (χ1) is 13.4. The Bertz CT molecular complexity index is 702. The van der Waals surface area contributed by atoms with E-state index in [4.69, 9.17) is 14.6 Å². The van der Waals surface area contributed by atoms with Gasteiger partial charge in [0.25, 0.3) is 0 Å². The Morgan fingerprint density at radius 1 is 1.18 bits per heavy atom. The van der Waals surface area contributed by atoms with E-state index < -0.39 is 5.97 Å². The van der Waals surface area contributed by atoms with Gasteiger partial charge >= 0.3 is 5.97 Å². The number of carboxylic acid groups (broad SMARTS) is 1. The minimum atomic E-state index is -0.823. The van der Waals surface area contributed by atoms with Crippen LogP contribution in [0.25, 0.3) is 0 Å². The summed E-state index contributed by atoms with van der Waals surface area (Å²) in [7, 11) is 1.52. The first-order valence-corrected chi connectivity index (χ1v) is 9.75. The maximum atomic E-state index is 12.6. The van der Waals surface area contributed by atoms with Crippen LogP contribution in [0.5, 0.6) is 11.5 Å². The molecule has 0 spiro atoms. The second kappa shape index (κ2) is 10.7. The number of nitrogens with zero attached hydrogens (tertiary/aromatic N) is 1. The zero-order valence-corrected chi connectivity index (χ0v) is 16.6. The monoisotopic (exact) mass is 391 g/mol. The second-order valence-corrected chi connectivity index (χ2v) is 7.04. The van der Waals surface area contributed by atoms with E-state index in [9.17, 15) is 14.4 Å². The first-order valence-electron chi connectivity index (χ1n) is 9.75. The van der Waals surface area contributed by atoms with Gasteiger partial charge in [0.05, 0.1) is 13.7 Å². The van der Waals surface area contributed by atoms with Gasteiger partial charge in [0.2, 0.25) is 5.91 Å². The number of carbonyl (C=O) groups is 3. The number of carbonyl (C=O) groups excluding carboxylic acids is 2. The van der Waals surface area contributed by atoms with Crippen molar-refractivity contribution in [2.45, 2.75) is 57.9 Å². The van der Waals surface area contributed by atoms with Gasteiger partial charge in [-0.2, -0.15) is 0 Å². The lowest BCUT2D eigenvalue weighted by Gasteiger charge is -2.35. The van der Waals surface area contributed by atoms with Crippen LogP contribution in [0.1, 0.15) is 62.2 Å². The van der Waals surface area contributed by atoms with E-state index in [1.54, 1.807) is 18.2 Å². The van der Waals surface area contributed by atoms with Crippen molar-refractivity contribution in [1.82, 2.24) is 4.90 Å². The summed E-state index contributed by atoms with van der Waals surface area (Å²) in [6.07, 6.45) is 4.38. The van der Waals surface area contributed by atoms with Crippen LogP contribution in [0.3, 0.4) is 0 Å². The van der Waals surface area contributed by atoms with E-state index >= 15 is 0 Å². The third kappa shape index (κ3) is 6.25. The summed E-state index contributed by atoms with van der Waals surface area (Å²) in [6.45, 7) is 2.55. The fourth-order valence-corrected chi connectivity index (χ4v) is 3.47. The van der Waals surface area contributed by atoms with E-state index in [1.165, 1.54) is 14.0 Å². The molecule has 1 atom stereocenters. The molecule has 0 radical (unpaired) electrons. The topological polar surface area (TPSA) is 93.1 Å². The smallest absolute Gasteiger partial charge is 0.303 e. The summed E-state index contributed by atoms with van der Waals surface area (Å²) in [5.41, 5.74) is 0.553. The molecule has 1 heterocycles. The summed E-state index contributed by atoms with van der Waals surface area (Å²) >= 11 is 0. The Kier molecular flexibility index (Phi) is 8.29. The maximum absolute atomic E-state index is 12.6. The third-order valence-corrected chi connectivity index (χ3v) is 5.00.